The van der Waals surface area contributed by atoms with Crippen molar-refractivity contribution in [2.45, 2.75) is 0 Å². The number of nitrogens with one attached hydrogen (secondary N) is 3. The number of hydrogen-bond donors (Lipinski definition) is 3. The Morgan fingerprint density at radius 3 is 2.21 bits per heavy atom. The van der Waals surface area contributed by atoms with Crippen molar-refractivity contribution < 1.29 is 9.72 Å². The summed E-state index contributed by atoms with van der Waals surface area (Å²) in [6.45, 7) is 0. The maximum absolute atomic E-state index is 12.3. The van der Waals surface area contributed by atoms with Crippen LogP contribution in [0, 0.1) is 10.1 Å². The first-order chi connectivity index (χ1) is 13.9. The van der Waals surface area contributed by atoms with Crippen LogP contribution in [-0.4, -0.2) is 15.9 Å². The molecule has 0 spiro atoms. The normalized spacial score (nSPS) is 10.1. The SMILES string of the molecule is O=C(NC(=S)Nc1ccc(Nc2ccccc2)cc1)c1ccc(Cl)c([N+](=O)[O-])c1. The highest BCUT2D eigenvalue weighted by Crippen LogP contribution is 2.25. The van der Waals surface area contributed by atoms with E-state index in [1.807, 2.05) is 42.5 Å². The van der Waals surface area contributed by atoms with Gasteiger partial charge in [-0.3, -0.25) is 20.2 Å². The number of amides is 1. The molecule has 0 heterocycles. The molecule has 0 radical (unpaired) electrons. The molecule has 0 unspecified atom stereocenters. The minimum absolute atomic E-state index is 0.0450. The van der Waals surface area contributed by atoms with E-state index in [4.69, 9.17) is 23.8 Å². The molecule has 0 aliphatic carbocycles. The fourth-order valence-electron chi connectivity index (χ4n) is 2.46. The quantitative estimate of drug-likeness (QED) is 0.298. The van der Waals surface area contributed by atoms with Gasteiger partial charge in [0.2, 0.25) is 0 Å². The van der Waals surface area contributed by atoms with Crippen LogP contribution >= 0.6 is 23.8 Å². The summed E-state index contributed by atoms with van der Waals surface area (Å²) in [5.41, 5.74) is 2.27. The van der Waals surface area contributed by atoms with Crippen LogP contribution in [0.15, 0.2) is 72.8 Å². The van der Waals surface area contributed by atoms with Gasteiger partial charge in [0.1, 0.15) is 5.02 Å². The number of nitro groups is 1. The van der Waals surface area contributed by atoms with E-state index in [-0.39, 0.29) is 21.4 Å². The van der Waals surface area contributed by atoms with Gasteiger partial charge < -0.3 is 10.6 Å². The molecule has 0 aliphatic rings. The standard InChI is InChI=1S/C20H15ClN4O3S/c21-17-11-6-13(12-18(17)25(27)28)19(26)24-20(29)23-16-9-7-15(8-10-16)22-14-4-2-1-3-5-14/h1-12,22H,(H2,23,24,26,29). The second kappa shape index (κ2) is 9.13. The van der Waals surface area contributed by atoms with Crippen LogP contribution in [0.4, 0.5) is 22.7 Å². The third kappa shape index (κ3) is 5.50. The van der Waals surface area contributed by atoms with Crippen LogP contribution in [0.2, 0.25) is 5.02 Å². The van der Waals surface area contributed by atoms with E-state index in [0.29, 0.717) is 5.69 Å². The molecule has 0 aromatic heterocycles. The highest BCUT2D eigenvalue weighted by Gasteiger charge is 2.17. The number of nitro benzene ring substituents is 1. The molecule has 0 bridgehead atoms. The summed E-state index contributed by atoms with van der Waals surface area (Å²) in [6, 6.07) is 20.8. The Hall–Kier alpha value is -3.49. The van der Waals surface area contributed by atoms with E-state index in [2.05, 4.69) is 16.0 Å². The predicted molar refractivity (Wildman–Crippen MR) is 118 cm³/mol. The van der Waals surface area contributed by atoms with Crippen molar-refractivity contribution in [1.82, 2.24) is 5.32 Å². The van der Waals surface area contributed by atoms with Gasteiger partial charge in [0.25, 0.3) is 11.6 Å². The van der Waals surface area contributed by atoms with Gasteiger partial charge in [-0.2, -0.15) is 0 Å². The summed E-state index contributed by atoms with van der Waals surface area (Å²) >= 11 is 10.9. The zero-order valence-corrected chi connectivity index (χ0v) is 16.5. The molecule has 3 aromatic carbocycles. The zero-order valence-electron chi connectivity index (χ0n) is 14.9. The summed E-state index contributed by atoms with van der Waals surface area (Å²) in [5.74, 6) is -0.579. The molecule has 3 N–H and O–H groups in total. The molecule has 0 saturated carbocycles. The van der Waals surface area contributed by atoms with Gasteiger partial charge in [-0.05, 0) is 60.7 Å². The number of halogens is 1. The summed E-state index contributed by atoms with van der Waals surface area (Å²) in [6.07, 6.45) is 0. The van der Waals surface area contributed by atoms with E-state index in [0.717, 1.165) is 17.4 Å². The zero-order chi connectivity index (χ0) is 20.8. The largest absolute Gasteiger partial charge is 0.356 e. The smallest absolute Gasteiger partial charge is 0.288 e. The maximum atomic E-state index is 12.3. The third-order valence-corrected chi connectivity index (χ3v) is 4.36. The molecule has 3 aromatic rings. The van der Waals surface area contributed by atoms with Gasteiger partial charge in [-0.1, -0.05) is 29.8 Å². The molecule has 3 rings (SSSR count). The van der Waals surface area contributed by atoms with Gasteiger partial charge in [-0.25, -0.2) is 0 Å². The van der Waals surface area contributed by atoms with Crippen LogP contribution in [0.5, 0.6) is 0 Å². The number of thiocarbonyl (C=S) groups is 1. The van der Waals surface area contributed by atoms with Gasteiger partial charge in [0.15, 0.2) is 5.11 Å². The molecule has 1 amide bonds. The number of carbonyl (C=O) groups excluding carboxylic acids is 1. The monoisotopic (exact) mass is 426 g/mol. The molecule has 0 fully saturated rings. The lowest BCUT2D eigenvalue weighted by Crippen LogP contribution is -2.34. The molecule has 29 heavy (non-hydrogen) atoms. The second-order valence-corrected chi connectivity index (χ2v) is 6.72. The Morgan fingerprint density at radius 2 is 1.55 bits per heavy atom. The third-order valence-electron chi connectivity index (χ3n) is 3.84. The van der Waals surface area contributed by atoms with Gasteiger partial charge in [0, 0.05) is 28.7 Å². The fourth-order valence-corrected chi connectivity index (χ4v) is 2.85. The summed E-state index contributed by atoms with van der Waals surface area (Å²) < 4.78 is 0. The average Bonchev–Trinajstić information content (AvgIpc) is 2.70. The number of anilines is 3. The predicted octanol–water partition coefficient (Wildman–Crippen LogP) is 5.12. The topological polar surface area (TPSA) is 96.3 Å². The van der Waals surface area contributed by atoms with Crippen molar-refractivity contribution in [3.63, 3.8) is 0 Å². The summed E-state index contributed by atoms with van der Waals surface area (Å²) in [5, 5.41) is 19.6. The van der Waals surface area contributed by atoms with Crippen molar-refractivity contribution in [1.29, 1.82) is 0 Å². The van der Waals surface area contributed by atoms with Crippen LogP contribution in [0.3, 0.4) is 0 Å². The molecule has 0 saturated heterocycles. The number of benzene rings is 3. The van der Waals surface area contributed by atoms with E-state index in [9.17, 15) is 14.9 Å². The van der Waals surface area contributed by atoms with Crippen LogP contribution in [-0.2, 0) is 0 Å². The van der Waals surface area contributed by atoms with Crippen molar-refractivity contribution in [2.24, 2.45) is 0 Å². The van der Waals surface area contributed by atoms with E-state index in [1.165, 1.54) is 12.1 Å². The highest BCUT2D eigenvalue weighted by atomic mass is 35.5. The van der Waals surface area contributed by atoms with Gasteiger partial charge >= 0.3 is 0 Å². The Kier molecular flexibility index (Phi) is 6.38. The van der Waals surface area contributed by atoms with Crippen LogP contribution < -0.4 is 16.0 Å². The van der Waals surface area contributed by atoms with Gasteiger partial charge in [-0.15, -0.1) is 0 Å². The summed E-state index contributed by atoms with van der Waals surface area (Å²) in [7, 11) is 0. The lowest BCUT2D eigenvalue weighted by atomic mass is 10.2. The first-order valence-corrected chi connectivity index (χ1v) is 9.19. The first kappa shape index (κ1) is 20.2. The molecule has 9 heteroatoms. The highest BCUT2D eigenvalue weighted by molar-refractivity contribution is 7.80. The van der Waals surface area contributed by atoms with Crippen molar-refractivity contribution in [2.75, 3.05) is 10.6 Å². The Balaban J connectivity index is 1.60. The lowest BCUT2D eigenvalue weighted by Gasteiger charge is -2.11. The number of rotatable bonds is 5. The van der Waals surface area contributed by atoms with E-state index in [1.54, 1.807) is 12.1 Å². The molecule has 146 valence electrons. The molecule has 7 nitrogen and oxygen atoms in total. The van der Waals surface area contributed by atoms with E-state index < -0.39 is 10.8 Å². The van der Waals surface area contributed by atoms with Gasteiger partial charge in [0.05, 0.1) is 4.92 Å². The molecule has 0 atom stereocenters. The number of nitrogens with zero attached hydrogens (tertiary/aromatic N) is 1. The van der Waals surface area contributed by atoms with Crippen molar-refractivity contribution in [3.8, 4) is 0 Å². The number of hydrogen-bond acceptors (Lipinski definition) is 5. The minimum Gasteiger partial charge on any atom is -0.356 e. The van der Waals surface area contributed by atoms with Crippen LogP contribution in [0.25, 0.3) is 0 Å². The number of carbonyl (C=O) groups is 1. The van der Waals surface area contributed by atoms with Crippen molar-refractivity contribution in [3.05, 3.63) is 93.5 Å². The molecular weight excluding hydrogens is 412 g/mol. The Labute approximate surface area is 176 Å². The van der Waals surface area contributed by atoms with Crippen LogP contribution in [0.1, 0.15) is 10.4 Å². The molecule has 0 aliphatic heterocycles. The summed E-state index contributed by atoms with van der Waals surface area (Å²) in [4.78, 5) is 22.6. The second-order valence-electron chi connectivity index (χ2n) is 5.90. The Bertz CT molecular complexity index is 1060. The minimum atomic E-state index is -0.652. The molecular formula is C20H15ClN4O3S. The number of para-hydroxylation sites is 1. The fraction of sp³-hybridized carbons (Fsp3) is 0. The lowest BCUT2D eigenvalue weighted by molar-refractivity contribution is -0.384. The Morgan fingerprint density at radius 1 is 0.931 bits per heavy atom. The first-order valence-electron chi connectivity index (χ1n) is 8.41. The van der Waals surface area contributed by atoms with E-state index >= 15 is 0 Å². The maximum Gasteiger partial charge on any atom is 0.288 e. The average molecular weight is 427 g/mol. The van der Waals surface area contributed by atoms with Crippen molar-refractivity contribution >= 4 is 57.6 Å².